The van der Waals surface area contributed by atoms with Crippen LogP contribution in [0.3, 0.4) is 0 Å². The monoisotopic (exact) mass is 542 g/mol. The van der Waals surface area contributed by atoms with Crippen LogP contribution in [0, 0.1) is 23.7 Å². The second kappa shape index (κ2) is 21.6. The number of aliphatic hydroxyl groups excluding tert-OH is 4. The van der Waals surface area contributed by atoms with E-state index < -0.39 is 24.0 Å². The number of rotatable bonds is 2. The number of aliphatic hydroxyl groups is 4. The van der Waals surface area contributed by atoms with Crippen LogP contribution in [0.1, 0.15) is 117 Å². The van der Waals surface area contributed by atoms with Crippen molar-refractivity contribution in [3.05, 3.63) is 0 Å². The van der Waals surface area contributed by atoms with Gasteiger partial charge in [-0.25, -0.2) is 0 Å². The minimum atomic E-state index is -0.642. The molecule has 1 saturated heterocycles. The highest BCUT2D eigenvalue weighted by molar-refractivity contribution is 5.79. The van der Waals surface area contributed by atoms with Crippen LogP contribution in [0.25, 0.3) is 0 Å². The van der Waals surface area contributed by atoms with E-state index in [2.05, 4.69) is 10.6 Å². The van der Waals surface area contributed by atoms with Gasteiger partial charge in [-0.3, -0.25) is 9.59 Å². The molecule has 38 heavy (non-hydrogen) atoms. The highest BCUT2D eigenvalue weighted by Gasteiger charge is 2.22. The van der Waals surface area contributed by atoms with Gasteiger partial charge in [0, 0.05) is 26.3 Å². The van der Waals surface area contributed by atoms with E-state index in [1.165, 1.54) is 0 Å². The molecule has 0 aromatic carbocycles. The highest BCUT2D eigenvalue weighted by Crippen LogP contribution is 2.20. The first-order chi connectivity index (χ1) is 18.3. The van der Waals surface area contributed by atoms with Crippen LogP contribution in [-0.2, 0) is 9.59 Å². The molecular formula is C30H58N2O6. The number of amides is 2. The van der Waals surface area contributed by atoms with E-state index in [0.29, 0.717) is 25.9 Å². The van der Waals surface area contributed by atoms with Gasteiger partial charge < -0.3 is 31.1 Å². The lowest BCUT2D eigenvalue weighted by atomic mass is 9.94. The van der Waals surface area contributed by atoms with Crippen molar-refractivity contribution in [2.24, 2.45) is 23.7 Å². The van der Waals surface area contributed by atoms with Gasteiger partial charge in [0.1, 0.15) is 0 Å². The van der Waals surface area contributed by atoms with Gasteiger partial charge in [-0.2, -0.15) is 0 Å². The van der Waals surface area contributed by atoms with Crippen molar-refractivity contribution in [1.82, 2.24) is 10.6 Å². The Hall–Kier alpha value is -1.22. The van der Waals surface area contributed by atoms with E-state index >= 15 is 0 Å². The number of carbonyl (C=O) groups excluding carboxylic acids is 2. The summed E-state index contributed by atoms with van der Waals surface area (Å²) in [6.45, 7) is 4.97. The van der Waals surface area contributed by atoms with Gasteiger partial charge in [0.05, 0.1) is 24.0 Å². The Balaban J connectivity index is 2.56. The standard InChI is InChI=1S/C30H58N2O6/c1-23-27(35)17-9-5-3-7-13-26(22-34)16-12-20-32-30(38)24(2)28(36)18-10-6-4-8-14-25(21-33)15-11-19-31-29(23)37/h23-28,33-36H,3-22H2,1-2H3,(H,31,37)(H,32,38). The predicted molar refractivity (Wildman–Crippen MR) is 151 cm³/mol. The summed E-state index contributed by atoms with van der Waals surface area (Å²) in [6, 6.07) is 0. The molecule has 0 aliphatic carbocycles. The van der Waals surface area contributed by atoms with Crippen LogP contribution < -0.4 is 10.6 Å². The smallest absolute Gasteiger partial charge is 0.225 e. The summed E-state index contributed by atoms with van der Waals surface area (Å²) in [5, 5.41) is 46.2. The largest absolute Gasteiger partial charge is 0.396 e. The van der Waals surface area contributed by atoms with Crippen LogP contribution in [0.4, 0.5) is 0 Å². The Morgan fingerprint density at radius 2 is 0.868 bits per heavy atom. The van der Waals surface area contributed by atoms with Gasteiger partial charge in [0.25, 0.3) is 0 Å². The summed E-state index contributed by atoms with van der Waals surface area (Å²) in [6.07, 6.45) is 13.0. The molecule has 0 saturated carbocycles. The van der Waals surface area contributed by atoms with Gasteiger partial charge in [0.2, 0.25) is 11.8 Å². The lowest BCUT2D eigenvalue weighted by Crippen LogP contribution is -2.36. The second-order valence-electron chi connectivity index (χ2n) is 11.7. The lowest BCUT2D eigenvalue weighted by Gasteiger charge is -2.20. The van der Waals surface area contributed by atoms with Crippen molar-refractivity contribution >= 4 is 11.8 Å². The molecule has 0 aromatic heterocycles. The molecule has 0 bridgehead atoms. The zero-order valence-electron chi connectivity index (χ0n) is 24.2. The molecule has 224 valence electrons. The molecule has 1 aliphatic heterocycles. The van der Waals surface area contributed by atoms with E-state index in [1.54, 1.807) is 13.8 Å². The molecule has 6 atom stereocenters. The van der Waals surface area contributed by atoms with E-state index in [0.717, 1.165) is 89.9 Å². The Bertz CT molecular complexity index is 568. The van der Waals surface area contributed by atoms with Crippen molar-refractivity contribution in [2.45, 2.75) is 129 Å². The number of hydrogen-bond donors (Lipinski definition) is 6. The first-order valence-corrected chi connectivity index (χ1v) is 15.4. The average Bonchev–Trinajstić information content (AvgIpc) is 2.92. The molecule has 1 heterocycles. The fourth-order valence-electron chi connectivity index (χ4n) is 5.31. The summed E-state index contributed by atoms with van der Waals surface area (Å²) in [7, 11) is 0. The SMILES string of the molecule is CC1C(=O)NCCCC(CO)CCCCCCC(O)C(C)C(=O)NCCCC(CO)CCCCCCC1O. The summed E-state index contributed by atoms with van der Waals surface area (Å²) < 4.78 is 0. The molecule has 8 nitrogen and oxygen atoms in total. The topological polar surface area (TPSA) is 139 Å². The van der Waals surface area contributed by atoms with Gasteiger partial charge in [-0.1, -0.05) is 65.2 Å². The maximum Gasteiger partial charge on any atom is 0.225 e. The van der Waals surface area contributed by atoms with Gasteiger partial charge in [-0.15, -0.1) is 0 Å². The Morgan fingerprint density at radius 1 is 0.553 bits per heavy atom. The van der Waals surface area contributed by atoms with Crippen molar-refractivity contribution in [3.63, 3.8) is 0 Å². The minimum Gasteiger partial charge on any atom is -0.396 e. The van der Waals surface area contributed by atoms with Crippen molar-refractivity contribution in [2.75, 3.05) is 26.3 Å². The van der Waals surface area contributed by atoms with Crippen LogP contribution in [0.15, 0.2) is 0 Å². The lowest BCUT2D eigenvalue weighted by molar-refractivity contribution is -0.128. The molecule has 1 fully saturated rings. The third-order valence-electron chi connectivity index (χ3n) is 8.40. The summed E-state index contributed by atoms with van der Waals surface area (Å²) in [4.78, 5) is 24.9. The van der Waals surface area contributed by atoms with E-state index in [9.17, 15) is 30.0 Å². The van der Waals surface area contributed by atoms with Gasteiger partial charge in [0.15, 0.2) is 0 Å². The minimum absolute atomic E-state index is 0.107. The molecule has 1 aliphatic rings. The van der Waals surface area contributed by atoms with Gasteiger partial charge in [-0.05, 0) is 63.2 Å². The predicted octanol–water partition coefficient (Wildman–Crippen LogP) is 3.69. The maximum absolute atomic E-state index is 12.4. The third-order valence-corrected chi connectivity index (χ3v) is 8.40. The van der Waals surface area contributed by atoms with Crippen molar-refractivity contribution < 1.29 is 30.0 Å². The van der Waals surface area contributed by atoms with Crippen molar-refractivity contribution in [3.8, 4) is 0 Å². The van der Waals surface area contributed by atoms with Crippen LogP contribution in [0.2, 0.25) is 0 Å². The normalized spacial score (nSPS) is 32.4. The number of hydrogen-bond acceptors (Lipinski definition) is 6. The fraction of sp³-hybridized carbons (Fsp3) is 0.933. The first kappa shape index (κ1) is 34.8. The molecule has 1 rings (SSSR count). The molecular weight excluding hydrogens is 484 g/mol. The summed E-state index contributed by atoms with van der Waals surface area (Å²) in [5.41, 5.74) is 0. The zero-order chi connectivity index (χ0) is 28.2. The Kier molecular flexibility index (Phi) is 19.8. The maximum atomic E-state index is 12.4. The summed E-state index contributed by atoms with van der Waals surface area (Å²) in [5.74, 6) is -0.630. The molecule has 0 spiro atoms. The average molecular weight is 543 g/mol. The summed E-state index contributed by atoms with van der Waals surface area (Å²) >= 11 is 0. The fourth-order valence-corrected chi connectivity index (χ4v) is 5.31. The molecule has 0 radical (unpaired) electrons. The first-order valence-electron chi connectivity index (χ1n) is 15.4. The Labute approximate surface area is 231 Å². The molecule has 6 unspecified atom stereocenters. The van der Waals surface area contributed by atoms with Crippen molar-refractivity contribution in [1.29, 1.82) is 0 Å². The molecule has 6 N–H and O–H groups in total. The van der Waals surface area contributed by atoms with E-state index in [-0.39, 0.29) is 36.9 Å². The third kappa shape index (κ3) is 15.4. The van der Waals surface area contributed by atoms with Crippen LogP contribution in [-0.4, -0.2) is 70.8 Å². The zero-order valence-corrected chi connectivity index (χ0v) is 24.2. The van der Waals surface area contributed by atoms with E-state index in [4.69, 9.17) is 0 Å². The molecule has 8 heteroatoms. The highest BCUT2D eigenvalue weighted by atomic mass is 16.3. The molecule has 2 amide bonds. The second-order valence-corrected chi connectivity index (χ2v) is 11.7. The van der Waals surface area contributed by atoms with E-state index in [1.807, 2.05) is 0 Å². The number of carbonyl (C=O) groups is 2. The molecule has 0 aromatic rings. The quantitative estimate of drug-likeness (QED) is 0.315. The van der Waals surface area contributed by atoms with Crippen LogP contribution in [0.5, 0.6) is 0 Å². The Morgan fingerprint density at radius 3 is 1.21 bits per heavy atom. The van der Waals surface area contributed by atoms with Gasteiger partial charge >= 0.3 is 0 Å². The number of nitrogens with one attached hydrogen (secondary N) is 2. The van der Waals surface area contributed by atoms with Crippen LogP contribution >= 0.6 is 0 Å².